The number of hydrogen-bond donors (Lipinski definition) is 1. The van der Waals surface area contributed by atoms with Gasteiger partial charge in [0.1, 0.15) is 11.9 Å². The van der Waals surface area contributed by atoms with E-state index in [1.165, 1.54) is 6.20 Å². The zero-order chi connectivity index (χ0) is 17.8. The molecule has 2 heterocycles. The number of halogens is 2. The van der Waals surface area contributed by atoms with E-state index in [0.717, 1.165) is 17.0 Å². The fourth-order valence-electron chi connectivity index (χ4n) is 2.46. The molecule has 0 saturated heterocycles. The van der Waals surface area contributed by atoms with Crippen molar-refractivity contribution in [1.29, 1.82) is 0 Å². The molecule has 128 valence electrons. The summed E-state index contributed by atoms with van der Waals surface area (Å²) >= 11 is 12.1. The quantitative estimate of drug-likeness (QED) is 0.639. The number of amides is 1. The lowest BCUT2D eigenvalue weighted by atomic mass is 10.0. The molecule has 0 bridgehead atoms. The van der Waals surface area contributed by atoms with Crippen molar-refractivity contribution in [2.24, 2.45) is 6.26 Å². The molecule has 3 aromatic rings. The lowest BCUT2D eigenvalue weighted by Crippen LogP contribution is -2.27. The van der Waals surface area contributed by atoms with Gasteiger partial charge in [-0.2, -0.15) is 0 Å². The minimum atomic E-state index is -0.241. The van der Waals surface area contributed by atoms with Gasteiger partial charge in [-0.3, -0.25) is 4.79 Å². The standard InChI is InChI=1S/C18H15Cl2N3OS/c1-25-8-7-21-16(25)5-6-22-18(24)17-15(10-14(20)11-23-17)12-3-2-4-13(19)9-12/h2-4,7-11H,5-6H2,1H3/p+1. The van der Waals surface area contributed by atoms with Crippen molar-refractivity contribution >= 4 is 39.6 Å². The molecule has 0 aliphatic rings. The molecule has 1 N–H and O–H groups in total. The van der Waals surface area contributed by atoms with Crippen molar-refractivity contribution in [1.82, 2.24) is 15.3 Å². The van der Waals surface area contributed by atoms with Gasteiger partial charge in [-0.15, -0.1) is 0 Å². The number of pyridine rings is 1. The number of benzene rings is 1. The van der Waals surface area contributed by atoms with Crippen molar-refractivity contribution in [3.05, 3.63) is 68.9 Å². The first-order chi connectivity index (χ1) is 12.0. The average molecular weight is 393 g/mol. The van der Waals surface area contributed by atoms with Gasteiger partial charge in [-0.05, 0) is 34.2 Å². The van der Waals surface area contributed by atoms with Crippen LogP contribution in [0.15, 0.2) is 48.1 Å². The lowest BCUT2D eigenvalue weighted by molar-refractivity contribution is 0.0950. The number of aromatic nitrogens is 2. The molecule has 7 heteroatoms. The van der Waals surface area contributed by atoms with Gasteiger partial charge in [0.05, 0.1) is 17.6 Å². The summed E-state index contributed by atoms with van der Waals surface area (Å²) in [7, 11) is 0.0608. The number of nitrogens with zero attached hydrogens (tertiary/aromatic N) is 2. The minimum Gasteiger partial charge on any atom is -0.350 e. The van der Waals surface area contributed by atoms with Crippen molar-refractivity contribution in [2.45, 2.75) is 6.42 Å². The third-order valence-electron chi connectivity index (χ3n) is 3.68. The molecule has 0 fully saturated rings. The molecule has 0 radical (unpaired) electrons. The van der Waals surface area contributed by atoms with Gasteiger partial charge in [0.2, 0.25) is 5.01 Å². The summed E-state index contributed by atoms with van der Waals surface area (Å²) in [5.74, 6) is -0.241. The summed E-state index contributed by atoms with van der Waals surface area (Å²) in [5.41, 5.74) is 1.78. The van der Waals surface area contributed by atoms with E-state index in [-0.39, 0.29) is 16.4 Å². The van der Waals surface area contributed by atoms with Crippen molar-refractivity contribution in [3.8, 4) is 11.1 Å². The number of rotatable bonds is 5. The van der Waals surface area contributed by atoms with Gasteiger partial charge in [0, 0.05) is 23.3 Å². The van der Waals surface area contributed by atoms with E-state index in [1.54, 1.807) is 18.2 Å². The van der Waals surface area contributed by atoms with Crippen LogP contribution in [-0.4, -0.2) is 22.4 Å². The summed E-state index contributed by atoms with van der Waals surface area (Å²) in [6, 6.07) is 8.99. The topological polar surface area (TPSA) is 54.9 Å². The third-order valence-corrected chi connectivity index (χ3v) is 5.71. The van der Waals surface area contributed by atoms with E-state index in [4.69, 9.17) is 23.2 Å². The fraction of sp³-hybridized carbons (Fsp3) is 0.167. The van der Waals surface area contributed by atoms with Crippen molar-refractivity contribution in [3.63, 3.8) is 0 Å². The van der Waals surface area contributed by atoms with E-state index in [1.807, 2.05) is 18.3 Å². The highest BCUT2D eigenvalue weighted by Crippen LogP contribution is 2.27. The fourth-order valence-corrected chi connectivity index (χ4v) is 3.85. The van der Waals surface area contributed by atoms with Crippen molar-refractivity contribution < 1.29 is 4.79 Å². The zero-order valence-electron chi connectivity index (χ0n) is 13.5. The molecule has 0 saturated carbocycles. The molecule has 0 aliphatic heterocycles. The molecule has 0 spiro atoms. The third kappa shape index (κ3) is 4.37. The Morgan fingerprint density at radius 3 is 2.76 bits per heavy atom. The monoisotopic (exact) mass is 392 g/mol. The summed E-state index contributed by atoms with van der Waals surface area (Å²) in [4.78, 5) is 21.1. The highest BCUT2D eigenvalue weighted by atomic mass is 35.5. The van der Waals surface area contributed by atoms with Gasteiger partial charge < -0.3 is 5.32 Å². The molecule has 3 rings (SSSR count). The number of carbonyl (C=O) groups excluding carboxylic acids is 1. The maximum atomic E-state index is 12.6. The van der Waals surface area contributed by atoms with E-state index in [9.17, 15) is 4.79 Å². The van der Waals surface area contributed by atoms with Gasteiger partial charge >= 0.3 is 0 Å². The Labute approximate surface area is 158 Å². The first-order valence-corrected chi connectivity index (χ1v) is 10.1. The van der Waals surface area contributed by atoms with Gasteiger partial charge in [0.25, 0.3) is 5.91 Å². The largest absolute Gasteiger partial charge is 0.350 e. The van der Waals surface area contributed by atoms with Crippen LogP contribution in [0, 0.1) is 0 Å². The SMILES string of the molecule is C[s+]1ccnc1CCNC(=O)c1ncc(Cl)cc1-c1cccc(Cl)c1. The van der Waals surface area contributed by atoms with Crippen LogP contribution in [0.4, 0.5) is 0 Å². The summed E-state index contributed by atoms with van der Waals surface area (Å²) in [6.07, 6.45) is 6.12. The highest BCUT2D eigenvalue weighted by Gasteiger charge is 2.16. The van der Waals surface area contributed by atoms with E-state index < -0.39 is 0 Å². The summed E-state index contributed by atoms with van der Waals surface area (Å²) in [6.45, 7) is 0.510. The molecule has 4 nitrogen and oxygen atoms in total. The highest BCUT2D eigenvalue weighted by molar-refractivity contribution is 7.27. The number of nitrogens with one attached hydrogen (secondary N) is 1. The molecule has 1 amide bonds. The zero-order valence-corrected chi connectivity index (χ0v) is 15.8. The Balaban J connectivity index is 1.79. The van der Waals surface area contributed by atoms with Gasteiger partial charge in [-0.1, -0.05) is 35.3 Å². The Bertz CT molecular complexity index is 911. The van der Waals surface area contributed by atoms with Crippen LogP contribution >= 0.6 is 33.7 Å². The maximum Gasteiger partial charge on any atom is 0.270 e. The van der Waals surface area contributed by atoms with Crippen LogP contribution in [0.25, 0.3) is 11.1 Å². The number of aryl methyl sites for hydroxylation is 1. The number of thiazole rings is 1. The smallest absolute Gasteiger partial charge is 0.270 e. The van der Waals surface area contributed by atoms with Gasteiger partial charge in [-0.25, -0.2) is 9.97 Å². The number of carbonyl (C=O) groups is 1. The second-order valence-corrected chi connectivity index (χ2v) is 8.16. The second kappa shape index (κ2) is 7.95. The van der Waals surface area contributed by atoms with Crippen LogP contribution in [-0.2, 0) is 12.7 Å². The van der Waals surface area contributed by atoms with Crippen LogP contribution in [0.2, 0.25) is 10.0 Å². The van der Waals surface area contributed by atoms with E-state index in [0.29, 0.717) is 27.8 Å². The second-order valence-electron chi connectivity index (χ2n) is 5.43. The predicted molar refractivity (Wildman–Crippen MR) is 103 cm³/mol. The van der Waals surface area contributed by atoms with Crippen LogP contribution in [0.5, 0.6) is 0 Å². The molecule has 0 aliphatic carbocycles. The van der Waals surface area contributed by atoms with Crippen molar-refractivity contribution in [2.75, 3.05) is 6.54 Å². The maximum absolute atomic E-state index is 12.6. The molecule has 1 unspecified atom stereocenters. The molecule has 1 atom stereocenters. The molecular weight excluding hydrogens is 377 g/mol. The van der Waals surface area contributed by atoms with Crippen LogP contribution in [0.3, 0.4) is 0 Å². The van der Waals surface area contributed by atoms with E-state index in [2.05, 4.69) is 26.9 Å². The molecular formula is C18H16Cl2N3OS+. The van der Waals surface area contributed by atoms with Crippen LogP contribution in [0.1, 0.15) is 15.5 Å². The normalized spacial score (nSPS) is 11.4. The Kier molecular flexibility index (Phi) is 5.68. The average Bonchev–Trinajstić information content (AvgIpc) is 3.00. The Hall–Kier alpha value is -1.95. The Morgan fingerprint density at radius 2 is 2.04 bits per heavy atom. The Morgan fingerprint density at radius 1 is 1.20 bits per heavy atom. The summed E-state index contributed by atoms with van der Waals surface area (Å²) < 4.78 is 0. The number of hydrogen-bond acceptors (Lipinski definition) is 3. The molecule has 1 aromatic carbocycles. The first-order valence-electron chi connectivity index (χ1n) is 7.62. The minimum absolute atomic E-state index is 0.0608. The summed E-state index contributed by atoms with van der Waals surface area (Å²) in [5, 5.41) is 7.12. The van der Waals surface area contributed by atoms with Crippen LogP contribution < -0.4 is 5.32 Å². The predicted octanol–water partition coefficient (Wildman–Crippen LogP) is 4.71. The lowest BCUT2D eigenvalue weighted by Gasteiger charge is -2.10. The first kappa shape index (κ1) is 17.9. The van der Waals surface area contributed by atoms with Gasteiger partial charge in [0.15, 0.2) is 5.38 Å². The molecule has 2 aromatic heterocycles. The molecule has 25 heavy (non-hydrogen) atoms. The van der Waals surface area contributed by atoms with E-state index >= 15 is 0 Å².